The van der Waals surface area contributed by atoms with E-state index in [4.69, 9.17) is 10.5 Å². The molecule has 0 bridgehead atoms. The van der Waals surface area contributed by atoms with E-state index in [-0.39, 0.29) is 11.3 Å². The van der Waals surface area contributed by atoms with E-state index >= 15 is 0 Å². The fourth-order valence-corrected chi connectivity index (χ4v) is 0.831. The Morgan fingerprint density at radius 1 is 1.20 bits per heavy atom. The monoisotopic (exact) mass is 205 g/mol. The van der Waals surface area contributed by atoms with Crippen LogP contribution in [-0.2, 0) is 0 Å². The van der Waals surface area contributed by atoms with Crippen LogP contribution in [0.15, 0.2) is 30.0 Å². The molecule has 1 rings (SSSR count). The molecule has 1 N–H and O–H groups in total. The lowest BCUT2D eigenvalue weighted by Gasteiger charge is -2.00. The zero-order valence-electron chi connectivity index (χ0n) is 7.46. The molecule has 5 heteroatoms. The predicted octanol–water partition coefficient (Wildman–Crippen LogP) is 2.31. The molecule has 0 aliphatic heterocycles. The molecule has 3 nitrogen and oxygen atoms in total. The van der Waals surface area contributed by atoms with E-state index in [9.17, 15) is 8.78 Å². The van der Waals surface area contributed by atoms with Gasteiger partial charge in [-0.1, -0.05) is 0 Å². The van der Waals surface area contributed by atoms with Gasteiger partial charge in [-0.05, 0) is 12.1 Å². The summed E-state index contributed by atoms with van der Waals surface area (Å²) in [6.45, 7) is 0. The van der Waals surface area contributed by atoms with E-state index in [1.165, 1.54) is 6.07 Å². The van der Waals surface area contributed by atoms with Crippen molar-refractivity contribution in [1.29, 1.82) is 10.5 Å². The van der Waals surface area contributed by atoms with Crippen molar-refractivity contribution in [3.63, 3.8) is 0 Å². The number of benzene rings is 1. The Balaban J connectivity index is 2.84. The summed E-state index contributed by atoms with van der Waals surface area (Å²) in [4.78, 5) is 0. The molecule has 0 saturated heterocycles. The maximum Gasteiger partial charge on any atom is 0.160 e. The standard InChI is InChI=1S/C10H5F2N3/c11-9-2-1-8(3-10(9)12)15-6-7(4-13)5-14/h1-3,6,15H. The summed E-state index contributed by atoms with van der Waals surface area (Å²) < 4.78 is 25.2. The van der Waals surface area contributed by atoms with E-state index in [1.54, 1.807) is 12.1 Å². The van der Waals surface area contributed by atoms with Crippen molar-refractivity contribution in [1.82, 2.24) is 0 Å². The topological polar surface area (TPSA) is 59.6 Å². The minimum Gasteiger partial charge on any atom is -0.360 e. The summed E-state index contributed by atoms with van der Waals surface area (Å²) in [6, 6.07) is 6.41. The van der Waals surface area contributed by atoms with Crippen LogP contribution in [0.25, 0.3) is 0 Å². The van der Waals surface area contributed by atoms with E-state index in [0.29, 0.717) is 0 Å². The molecule has 0 saturated carbocycles. The van der Waals surface area contributed by atoms with Gasteiger partial charge in [0, 0.05) is 18.0 Å². The zero-order chi connectivity index (χ0) is 11.3. The highest BCUT2D eigenvalue weighted by atomic mass is 19.2. The SMILES string of the molecule is N#CC(C#N)=CNc1ccc(F)c(F)c1. The second kappa shape index (κ2) is 4.73. The number of halogens is 2. The predicted molar refractivity (Wildman–Crippen MR) is 49.3 cm³/mol. The van der Waals surface area contributed by atoms with Crippen LogP contribution in [-0.4, -0.2) is 0 Å². The normalized spacial score (nSPS) is 8.53. The first-order valence-electron chi connectivity index (χ1n) is 3.89. The molecule has 1 aromatic rings. The molecule has 15 heavy (non-hydrogen) atoms. The fraction of sp³-hybridized carbons (Fsp3) is 0. The number of allylic oxidation sites excluding steroid dienone is 1. The van der Waals surface area contributed by atoms with Crippen molar-refractivity contribution in [2.24, 2.45) is 0 Å². The van der Waals surface area contributed by atoms with Gasteiger partial charge in [0.15, 0.2) is 11.6 Å². The van der Waals surface area contributed by atoms with Crippen molar-refractivity contribution in [2.45, 2.75) is 0 Å². The molecular formula is C10H5F2N3. The average Bonchev–Trinajstić information content (AvgIpc) is 2.24. The highest BCUT2D eigenvalue weighted by Crippen LogP contribution is 2.13. The van der Waals surface area contributed by atoms with Crippen LogP contribution in [0, 0.1) is 34.3 Å². The summed E-state index contributed by atoms with van der Waals surface area (Å²) in [7, 11) is 0. The zero-order valence-corrected chi connectivity index (χ0v) is 7.46. The lowest BCUT2D eigenvalue weighted by atomic mass is 10.3. The molecule has 0 fully saturated rings. The van der Waals surface area contributed by atoms with Crippen LogP contribution in [0.1, 0.15) is 0 Å². The second-order valence-corrected chi connectivity index (χ2v) is 2.55. The first-order valence-corrected chi connectivity index (χ1v) is 3.89. The van der Waals surface area contributed by atoms with Gasteiger partial charge in [0.1, 0.15) is 17.7 Å². The molecule has 0 spiro atoms. The van der Waals surface area contributed by atoms with E-state index in [2.05, 4.69) is 5.32 Å². The highest BCUT2D eigenvalue weighted by molar-refractivity contribution is 5.49. The van der Waals surface area contributed by atoms with Crippen molar-refractivity contribution in [3.05, 3.63) is 41.6 Å². The molecule has 0 aliphatic carbocycles. The van der Waals surface area contributed by atoms with E-state index in [1.807, 2.05) is 0 Å². The molecule has 0 radical (unpaired) electrons. The third-order valence-corrected chi connectivity index (χ3v) is 1.54. The van der Waals surface area contributed by atoms with Crippen molar-refractivity contribution < 1.29 is 8.78 Å². The number of hydrogen-bond donors (Lipinski definition) is 1. The van der Waals surface area contributed by atoms with Crippen LogP contribution in [0.3, 0.4) is 0 Å². The third kappa shape index (κ3) is 2.78. The van der Waals surface area contributed by atoms with E-state index in [0.717, 1.165) is 18.3 Å². The molecule has 0 unspecified atom stereocenters. The number of anilines is 1. The number of nitrogens with one attached hydrogen (secondary N) is 1. The van der Waals surface area contributed by atoms with Gasteiger partial charge in [-0.2, -0.15) is 10.5 Å². The highest BCUT2D eigenvalue weighted by Gasteiger charge is 2.01. The van der Waals surface area contributed by atoms with Crippen LogP contribution >= 0.6 is 0 Å². The number of nitriles is 2. The minimum atomic E-state index is -0.996. The molecule has 0 aliphatic rings. The first-order chi connectivity index (χ1) is 7.17. The maximum absolute atomic E-state index is 12.7. The quantitative estimate of drug-likeness (QED) is 0.753. The molecule has 0 amide bonds. The maximum atomic E-state index is 12.7. The third-order valence-electron chi connectivity index (χ3n) is 1.54. The van der Waals surface area contributed by atoms with Crippen LogP contribution < -0.4 is 5.32 Å². The number of rotatable bonds is 2. The molecule has 0 heterocycles. The summed E-state index contributed by atoms with van der Waals surface area (Å²) >= 11 is 0. The van der Waals surface area contributed by atoms with Crippen molar-refractivity contribution in [3.8, 4) is 12.1 Å². The number of nitrogens with zero attached hydrogens (tertiary/aromatic N) is 2. The Morgan fingerprint density at radius 2 is 1.87 bits per heavy atom. The van der Waals surface area contributed by atoms with Gasteiger partial charge in [0.05, 0.1) is 0 Å². The Morgan fingerprint density at radius 3 is 2.40 bits per heavy atom. The van der Waals surface area contributed by atoms with Crippen molar-refractivity contribution >= 4 is 5.69 Å². The van der Waals surface area contributed by atoms with Crippen LogP contribution in [0.5, 0.6) is 0 Å². The molecular weight excluding hydrogens is 200 g/mol. The summed E-state index contributed by atoms with van der Waals surface area (Å²) in [5, 5.41) is 19.3. The fourth-order valence-electron chi connectivity index (χ4n) is 0.831. The van der Waals surface area contributed by atoms with Gasteiger partial charge >= 0.3 is 0 Å². The van der Waals surface area contributed by atoms with Crippen LogP contribution in [0.2, 0.25) is 0 Å². The Bertz CT molecular complexity index is 464. The minimum absolute atomic E-state index is 0.153. The summed E-state index contributed by atoms with van der Waals surface area (Å²) in [5.41, 5.74) is 0.108. The van der Waals surface area contributed by atoms with Crippen LogP contribution in [0.4, 0.5) is 14.5 Å². The Labute approximate surface area is 84.9 Å². The van der Waals surface area contributed by atoms with Gasteiger partial charge < -0.3 is 5.32 Å². The summed E-state index contributed by atoms with van der Waals surface area (Å²) in [5.74, 6) is -1.95. The first kappa shape index (κ1) is 10.7. The lowest BCUT2D eigenvalue weighted by Crippen LogP contribution is -1.92. The van der Waals surface area contributed by atoms with Gasteiger partial charge in [-0.3, -0.25) is 0 Å². The second-order valence-electron chi connectivity index (χ2n) is 2.55. The van der Waals surface area contributed by atoms with Gasteiger partial charge in [0.2, 0.25) is 0 Å². The molecule has 0 atom stereocenters. The lowest BCUT2D eigenvalue weighted by molar-refractivity contribution is 0.509. The molecule has 74 valence electrons. The van der Waals surface area contributed by atoms with Crippen molar-refractivity contribution in [2.75, 3.05) is 5.32 Å². The Hall–Kier alpha value is -2.40. The van der Waals surface area contributed by atoms with Gasteiger partial charge in [-0.25, -0.2) is 8.78 Å². The number of hydrogen-bond acceptors (Lipinski definition) is 3. The molecule has 0 aromatic heterocycles. The molecule has 1 aromatic carbocycles. The Kier molecular flexibility index (Phi) is 3.37. The average molecular weight is 205 g/mol. The smallest absolute Gasteiger partial charge is 0.160 e. The largest absolute Gasteiger partial charge is 0.360 e. The van der Waals surface area contributed by atoms with Gasteiger partial charge in [0.25, 0.3) is 0 Å². The van der Waals surface area contributed by atoms with E-state index < -0.39 is 11.6 Å². The summed E-state index contributed by atoms with van der Waals surface area (Å²) in [6.07, 6.45) is 1.12. The van der Waals surface area contributed by atoms with Gasteiger partial charge in [-0.15, -0.1) is 0 Å².